The second kappa shape index (κ2) is 8.60. The summed E-state index contributed by atoms with van der Waals surface area (Å²) >= 11 is 0. The first-order valence-electron chi connectivity index (χ1n) is 6.99. The topological polar surface area (TPSA) is 124 Å². The predicted molar refractivity (Wildman–Crippen MR) is 74.3 cm³/mol. The third kappa shape index (κ3) is 4.90. The molecule has 10 heteroatoms. The minimum absolute atomic E-state index is 0.708. The van der Waals surface area contributed by atoms with Crippen LogP contribution in [0.15, 0.2) is 0 Å². The van der Waals surface area contributed by atoms with Crippen LogP contribution in [0.25, 0.3) is 0 Å². The second-order valence-corrected chi connectivity index (χ2v) is 4.91. The standard InChI is InChI=1S/C14H20O10/c1-6(15)21-9-10(22-7(2)16)12(23-8(3)17)14(20-5)24-11(9)13(18)19-4/h9-12,14H,1-5H3/t9-,10-,11+,12+,14+/m0/s1. The molecule has 1 aliphatic heterocycles. The van der Waals surface area contributed by atoms with Crippen molar-refractivity contribution in [2.24, 2.45) is 0 Å². The molecule has 1 rings (SSSR count). The van der Waals surface area contributed by atoms with Gasteiger partial charge in [0.2, 0.25) is 0 Å². The molecule has 136 valence electrons. The molecule has 0 aromatic carbocycles. The van der Waals surface area contributed by atoms with Crippen LogP contribution < -0.4 is 0 Å². The van der Waals surface area contributed by atoms with Gasteiger partial charge in [-0.2, -0.15) is 0 Å². The van der Waals surface area contributed by atoms with Gasteiger partial charge in [0.15, 0.2) is 30.7 Å². The fourth-order valence-electron chi connectivity index (χ4n) is 2.27. The average Bonchev–Trinajstić information content (AvgIpc) is 2.48. The molecule has 0 saturated carbocycles. The van der Waals surface area contributed by atoms with Crippen molar-refractivity contribution >= 4 is 23.9 Å². The van der Waals surface area contributed by atoms with Crippen molar-refractivity contribution in [1.82, 2.24) is 0 Å². The number of carbonyl (C=O) groups excluding carboxylic acids is 4. The zero-order valence-corrected chi connectivity index (χ0v) is 14.0. The molecule has 24 heavy (non-hydrogen) atoms. The molecule has 0 N–H and O–H groups in total. The highest BCUT2D eigenvalue weighted by molar-refractivity contribution is 5.77. The van der Waals surface area contributed by atoms with Crippen molar-refractivity contribution < 1.29 is 47.6 Å². The maximum atomic E-state index is 11.9. The van der Waals surface area contributed by atoms with Gasteiger partial charge in [0, 0.05) is 27.9 Å². The van der Waals surface area contributed by atoms with E-state index in [0.717, 1.165) is 27.9 Å². The lowest BCUT2D eigenvalue weighted by Crippen LogP contribution is -2.63. The van der Waals surface area contributed by atoms with E-state index in [1.807, 2.05) is 0 Å². The Morgan fingerprint density at radius 2 is 1.21 bits per heavy atom. The summed E-state index contributed by atoms with van der Waals surface area (Å²) in [5.41, 5.74) is 0. The summed E-state index contributed by atoms with van der Waals surface area (Å²) in [4.78, 5) is 46.1. The Morgan fingerprint density at radius 1 is 0.750 bits per heavy atom. The number of rotatable bonds is 5. The van der Waals surface area contributed by atoms with Crippen molar-refractivity contribution in [3.05, 3.63) is 0 Å². The average molecular weight is 348 g/mol. The Balaban J connectivity index is 3.28. The molecule has 5 atom stereocenters. The highest BCUT2D eigenvalue weighted by Gasteiger charge is 2.54. The Morgan fingerprint density at radius 3 is 1.62 bits per heavy atom. The molecule has 0 aliphatic carbocycles. The Kier molecular flexibility index (Phi) is 7.11. The van der Waals surface area contributed by atoms with Crippen molar-refractivity contribution in [2.75, 3.05) is 14.2 Å². The number of ether oxygens (including phenoxy) is 6. The van der Waals surface area contributed by atoms with Crippen LogP contribution in [0.3, 0.4) is 0 Å². The summed E-state index contributed by atoms with van der Waals surface area (Å²) < 4.78 is 30.3. The SMILES string of the molecule is COC(=O)[C@@H]1O[C@@H](OC)[C@H](OC(C)=O)[C@@H](OC(C)=O)[C@@H]1OC(C)=O. The third-order valence-electron chi connectivity index (χ3n) is 3.07. The number of hydrogen-bond donors (Lipinski definition) is 0. The molecular weight excluding hydrogens is 328 g/mol. The van der Waals surface area contributed by atoms with Crippen LogP contribution in [0.4, 0.5) is 0 Å². The van der Waals surface area contributed by atoms with E-state index in [1.165, 1.54) is 7.11 Å². The number of esters is 4. The lowest BCUT2D eigenvalue weighted by molar-refractivity contribution is -0.296. The number of carbonyl (C=O) groups is 4. The molecule has 0 aromatic rings. The molecule has 0 amide bonds. The van der Waals surface area contributed by atoms with Gasteiger partial charge >= 0.3 is 23.9 Å². The molecule has 1 aliphatic rings. The summed E-state index contributed by atoms with van der Waals surface area (Å²) in [5.74, 6) is -3.08. The van der Waals surface area contributed by atoms with Crippen LogP contribution in [0.5, 0.6) is 0 Å². The molecule has 1 fully saturated rings. The molecule has 0 aromatic heterocycles. The first-order chi connectivity index (χ1) is 11.2. The summed E-state index contributed by atoms with van der Waals surface area (Å²) in [6.07, 6.45) is -6.62. The zero-order valence-electron chi connectivity index (χ0n) is 14.0. The van der Waals surface area contributed by atoms with Gasteiger partial charge in [-0.05, 0) is 0 Å². The Labute approximate surface area is 138 Å². The Bertz CT molecular complexity index is 502. The summed E-state index contributed by atoms with van der Waals surface area (Å²) in [6.45, 7) is 3.34. The quantitative estimate of drug-likeness (QED) is 0.466. The molecular formula is C14H20O10. The summed E-state index contributed by atoms with van der Waals surface area (Å²) in [5, 5.41) is 0. The third-order valence-corrected chi connectivity index (χ3v) is 3.07. The second-order valence-electron chi connectivity index (χ2n) is 4.91. The molecule has 10 nitrogen and oxygen atoms in total. The van der Waals surface area contributed by atoms with E-state index in [9.17, 15) is 19.2 Å². The molecule has 0 spiro atoms. The van der Waals surface area contributed by atoms with Gasteiger partial charge in [0.05, 0.1) is 7.11 Å². The predicted octanol–water partition coefficient (Wildman–Crippen LogP) is -0.674. The van der Waals surface area contributed by atoms with Crippen LogP contribution in [0.2, 0.25) is 0 Å². The first-order valence-corrected chi connectivity index (χ1v) is 6.99. The molecule has 1 saturated heterocycles. The van der Waals surface area contributed by atoms with E-state index in [0.29, 0.717) is 0 Å². The van der Waals surface area contributed by atoms with Gasteiger partial charge in [0.25, 0.3) is 0 Å². The van der Waals surface area contributed by atoms with Crippen LogP contribution in [-0.2, 0) is 47.6 Å². The lowest BCUT2D eigenvalue weighted by Gasteiger charge is -2.42. The van der Waals surface area contributed by atoms with Gasteiger partial charge < -0.3 is 28.4 Å². The van der Waals surface area contributed by atoms with E-state index in [-0.39, 0.29) is 0 Å². The molecule has 1 heterocycles. The van der Waals surface area contributed by atoms with Crippen molar-refractivity contribution in [2.45, 2.75) is 51.5 Å². The van der Waals surface area contributed by atoms with Gasteiger partial charge in [-0.15, -0.1) is 0 Å². The number of hydrogen-bond acceptors (Lipinski definition) is 10. The van der Waals surface area contributed by atoms with Crippen molar-refractivity contribution in [1.29, 1.82) is 0 Å². The molecule has 0 radical (unpaired) electrons. The lowest BCUT2D eigenvalue weighted by atomic mass is 9.97. The highest BCUT2D eigenvalue weighted by Crippen LogP contribution is 2.29. The maximum absolute atomic E-state index is 11.9. The van der Waals surface area contributed by atoms with Crippen LogP contribution >= 0.6 is 0 Å². The number of methoxy groups -OCH3 is 2. The summed E-state index contributed by atoms with van der Waals surface area (Å²) in [7, 11) is 2.35. The minimum Gasteiger partial charge on any atom is -0.467 e. The van der Waals surface area contributed by atoms with Gasteiger partial charge in [-0.1, -0.05) is 0 Å². The van der Waals surface area contributed by atoms with E-state index in [1.54, 1.807) is 0 Å². The van der Waals surface area contributed by atoms with Crippen LogP contribution in [0, 0.1) is 0 Å². The van der Waals surface area contributed by atoms with Gasteiger partial charge in [-0.25, -0.2) is 4.79 Å². The van der Waals surface area contributed by atoms with E-state index in [2.05, 4.69) is 4.74 Å². The highest BCUT2D eigenvalue weighted by atomic mass is 16.7. The summed E-state index contributed by atoms with van der Waals surface area (Å²) in [6, 6.07) is 0. The Hall–Kier alpha value is -2.20. The largest absolute Gasteiger partial charge is 0.467 e. The van der Waals surface area contributed by atoms with Gasteiger partial charge in [0.1, 0.15) is 0 Å². The fourth-order valence-corrected chi connectivity index (χ4v) is 2.27. The normalized spacial score (nSPS) is 29.3. The molecule has 0 bridgehead atoms. The van der Waals surface area contributed by atoms with Crippen molar-refractivity contribution in [3.8, 4) is 0 Å². The van der Waals surface area contributed by atoms with Gasteiger partial charge in [-0.3, -0.25) is 14.4 Å². The maximum Gasteiger partial charge on any atom is 0.339 e. The first kappa shape index (κ1) is 19.8. The fraction of sp³-hybridized carbons (Fsp3) is 0.714. The molecule has 0 unspecified atom stereocenters. The van der Waals surface area contributed by atoms with E-state index >= 15 is 0 Å². The smallest absolute Gasteiger partial charge is 0.339 e. The van der Waals surface area contributed by atoms with Crippen LogP contribution in [0.1, 0.15) is 20.8 Å². The van der Waals surface area contributed by atoms with Crippen molar-refractivity contribution in [3.63, 3.8) is 0 Å². The van der Waals surface area contributed by atoms with E-state index < -0.39 is 54.6 Å². The van der Waals surface area contributed by atoms with Crippen LogP contribution in [-0.4, -0.2) is 68.8 Å². The zero-order chi connectivity index (χ0) is 18.4. The minimum atomic E-state index is -1.43. The monoisotopic (exact) mass is 348 g/mol. The van der Waals surface area contributed by atoms with E-state index in [4.69, 9.17) is 23.7 Å².